The molecular weight excluding hydrogens is 529 g/mol. The number of benzene rings is 1. The van der Waals surface area contributed by atoms with Crippen LogP contribution in [0.1, 0.15) is 101 Å². The highest BCUT2D eigenvalue weighted by molar-refractivity contribution is 7.17. The van der Waals surface area contributed by atoms with Gasteiger partial charge in [0.05, 0.1) is 0 Å². The second-order valence-corrected chi connectivity index (χ2v) is 11.9. The summed E-state index contributed by atoms with van der Waals surface area (Å²) < 4.78 is 35.0. The zero-order chi connectivity index (χ0) is 31.5. The fourth-order valence-corrected chi connectivity index (χ4v) is 3.58. The molecule has 0 bridgehead atoms. The summed E-state index contributed by atoms with van der Waals surface area (Å²) in [5, 5.41) is 3.01. The Morgan fingerprint density at radius 1 is 1.12 bits per heavy atom. The summed E-state index contributed by atoms with van der Waals surface area (Å²) in [5.74, 6) is 0.549. The second kappa shape index (κ2) is 20.5. The normalized spacial score (nSPS) is 13.0. The molecule has 0 spiro atoms. The fraction of sp³-hybridized carbons (Fsp3) is 0.656. The molecule has 3 atom stereocenters. The summed E-state index contributed by atoms with van der Waals surface area (Å²) in [5.41, 5.74) is 1.61. The van der Waals surface area contributed by atoms with Gasteiger partial charge in [0, 0.05) is 30.9 Å². The molecule has 40 heavy (non-hydrogen) atoms. The molecule has 3 unspecified atom stereocenters. The summed E-state index contributed by atoms with van der Waals surface area (Å²) in [4.78, 5) is 13.8. The van der Waals surface area contributed by atoms with E-state index in [4.69, 9.17) is 11.2 Å². The molecule has 0 aliphatic carbocycles. The smallest absolute Gasteiger partial charge is 0.408 e. The van der Waals surface area contributed by atoms with Crippen molar-refractivity contribution < 1.29 is 23.0 Å². The lowest BCUT2D eigenvalue weighted by molar-refractivity contribution is -0.0892. The second-order valence-electron chi connectivity index (χ2n) is 11.3. The highest BCUT2D eigenvalue weighted by Crippen LogP contribution is 2.29. The Morgan fingerprint density at radius 3 is 2.02 bits per heavy atom. The number of carbonyl (C=O) groups is 1. The summed E-state index contributed by atoms with van der Waals surface area (Å²) in [6.07, 6.45) is 11.6. The molecule has 0 aromatic heterocycles. The summed E-state index contributed by atoms with van der Waals surface area (Å²) in [7, 11) is 3.28. The van der Waals surface area contributed by atoms with Crippen LogP contribution in [0.4, 0.5) is 19.3 Å². The maximum Gasteiger partial charge on any atom is 0.408 e. The van der Waals surface area contributed by atoms with Crippen LogP contribution in [-0.4, -0.2) is 30.6 Å². The third-order valence-corrected chi connectivity index (χ3v) is 5.69. The van der Waals surface area contributed by atoms with Gasteiger partial charge in [-0.1, -0.05) is 54.0 Å². The molecule has 1 aromatic rings. The van der Waals surface area contributed by atoms with E-state index in [1.807, 2.05) is 46.6 Å². The molecule has 0 heterocycles. The third-order valence-electron chi connectivity index (χ3n) is 5.57. The Hall–Kier alpha value is -2.32. The highest BCUT2D eigenvalue weighted by Gasteiger charge is 2.23. The van der Waals surface area contributed by atoms with Gasteiger partial charge in [-0.3, -0.25) is 0 Å². The Kier molecular flexibility index (Phi) is 20.4. The summed E-state index contributed by atoms with van der Waals surface area (Å²) in [6, 6.07) is 6.78. The first kappa shape index (κ1) is 39.8. The minimum absolute atomic E-state index is 0.143. The molecule has 0 saturated carbocycles. The number of hydrogen-bond donors (Lipinski definition) is 1. The molecule has 1 N–H and O–H groups in total. The number of nitrogens with zero attached hydrogens (tertiary/aromatic N) is 1. The number of rotatable bonds is 11. The lowest BCUT2D eigenvalue weighted by Gasteiger charge is -2.26. The number of allylic oxidation sites excluding steroid dienone is 2. The summed E-state index contributed by atoms with van der Waals surface area (Å²) in [6.45, 7) is 20.4. The molecule has 0 saturated heterocycles. The Labute approximate surface area is 246 Å². The lowest BCUT2D eigenvalue weighted by atomic mass is 9.93. The van der Waals surface area contributed by atoms with E-state index in [9.17, 15) is 13.6 Å². The Bertz CT molecular complexity index is 885. The largest absolute Gasteiger partial charge is 0.444 e. The SMILES string of the molecule is C#CCC.CC/C=C(/C)N(C)c1ccc(OC(F)(F)P)cc1.CCC(C)CC(CC(C)C)NC(=O)OC(C)(C)C. The number of nitrogens with one attached hydrogen (secondary N) is 1. The Morgan fingerprint density at radius 2 is 1.65 bits per heavy atom. The average Bonchev–Trinajstić information content (AvgIpc) is 2.82. The van der Waals surface area contributed by atoms with Gasteiger partial charge in [0.15, 0.2) is 0 Å². The van der Waals surface area contributed by atoms with Crippen LogP contribution in [0, 0.1) is 24.2 Å². The molecule has 5 nitrogen and oxygen atoms in total. The van der Waals surface area contributed by atoms with Crippen LogP contribution in [0.15, 0.2) is 36.0 Å². The minimum Gasteiger partial charge on any atom is -0.444 e. The van der Waals surface area contributed by atoms with Gasteiger partial charge >= 0.3 is 11.9 Å². The fourth-order valence-electron chi connectivity index (χ4n) is 3.44. The number of carbonyl (C=O) groups excluding carboxylic acids is 1. The molecule has 0 aliphatic rings. The quantitative estimate of drug-likeness (QED) is 0.208. The monoisotopic (exact) mass is 584 g/mol. The van der Waals surface area contributed by atoms with Gasteiger partial charge in [0.2, 0.25) is 0 Å². The van der Waals surface area contributed by atoms with E-state index in [1.54, 1.807) is 12.1 Å². The number of amides is 1. The van der Waals surface area contributed by atoms with E-state index >= 15 is 0 Å². The standard InChI is InChI=1S/C15H31NO2.C13H18F2NOP.C4H6/c1-8-12(4)10-13(9-11(2)3)16-14(17)18-15(5,6)7;1-4-5-10(2)16(3)11-6-8-12(9-7-11)17-13(14,15)18;1-3-4-2/h11-13H,8-10H2,1-7H3,(H,16,17);5-9H,4,18H2,1-3H3;1H,4H2,2H3/b;10-5-;. The van der Waals surface area contributed by atoms with Gasteiger partial charge in [0.1, 0.15) is 11.4 Å². The predicted molar refractivity (Wildman–Crippen MR) is 170 cm³/mol. The molecule has 0 aliphatic heterocycles. The molecule has 1 aromatic carbocycles. The predicted octanol–water partition coefficient (Wildman–Crippen LogP) is 9.63. The number of ether oxygens (including phenoxy) is 2. The molecule has 8 heteroatoms. The van der Waals surface area contributed by atoms with E-state index in [0.717, 1.165) is 43.5 Å². The number of terminal acetylenes is 1. The van der Waals surface area contributed by atoms with Gasteiger partial charge in [-0.2, -0.15) is 8.78 Å². The van der Waals surface area contributed by atoms with E-state index in [1.165, 1.54) is 21.4 Å². The van der Waals surface area contributed by atoms with E-state index in [2.05, 4.69) is 56.7 Å². The number of hydrogen-bond acceptors (Lipinski definition) is 4. The molecular formula is C32H55F2N2O3P. The average molecular weight is 585 g/mol. The number of halogens is 2. The topological polar surface area (TPSA) is 50.8 Å². The zero-order valence-electron chi connectivity index (χ0n) is 26.7. The highest BCUT2D eigenvalue weighted by atomic mass is 31.0. The van der Waals surface area contributed by atoms with Gasteiger partial charge in [-0.05, 0) is 92.3 Å². The van der Waals surface area contributed by atoms with E-state index in [-0.39, 0.29) is 17.9 Å². The zero-order valence-corrected chi connectivity index (χ0v) is 27.9. The third kappa shape index (κ3) is 22.5. The van der Waals surface area contributed by atoms with Crippen molar-refractivity contribution in [3.8, 4) is 18.1 Å². The van der Waals surface area contributed by atoms with Crippen LogP contribution < -0.4 is 15.0 Å². The van der Waals surface area contributed by atoms with Crippen LogP contribution >= 0.6 is 9.24 Å². The van der Waals surface area contributed by atoms with Crippen molar-refractivity contribution in [2.24, 2.45) is 11.8 Å². The molecule has 0 radical (unpaired) electrons. The lowest BCUT2D eigenvalue weighted by Crippen LogP contribution is -2.40. The maximum absolute atomic E-state index is 12.6. The number of anilines is 1. The van der Waals surface area contributed by atoms with Crippen molar-refractivity contribution in [1.29, 1.82) is 0 Å². The van der Waals surface area contributed by atoms with Crippen LogP contribution in [-0.2, 0) is 4.74 Å². The van der Waals surface area contributed by atoms with Crippen molar-refractivity contribution in [3.63, 3.8) is 0 Å². The van der Waals surface area contributed by atoms with Crippen LogP contribution in [0.2, 0.25) is 0 Å². The van der Waals surface area contributed by atoms with Gasteiger partial charge in [-0.25, -0.2) is 4.79 Å². The molecule has 1 rings (SSSR count). The van der Waals surface area contributed by atoms with Crippen molar-refractivity contribution in [2.75, 3.05) is 11.9 Å². The molecule has 1 amide bonds. The summed E-state index contributed by atoms with van der Waals surface area (Å²) >= 11 is 0. The van der Waals surface area contributed by atoms with Crippen LogP contribution in [0.25, 0.3) is 0 Å². The van der Waals surface area contributed by atoms with Crippen molar-refractivity contribution in [2.45, 2.75) is 119 Å². The van der Waals surface area contributed by atoms with Crippen molar-refractivity contribution >= 4 is 21.0 Å². The van der Waals surface area contributed by atoms with Gasteiger partial charge in [0.25, 0.3) is 0 Å². The first-order valence-corrected chi connectivity index (χ1v) is 14.8. The van der Waals surface area contributed by atoms with Crippen molar-refractivity contribution in [1.82, 2.24) is 5.32 Å². The van der Waals surface area contributed by atoms with E-state index < -0.39 is 11.5 Å². The van der Waals surface area contributed by atoms with Gasteiger partial charge in [-0.15, -0.1) is 12.3 Å². The Balaban J connectivity index is 0. The number of alkyl carbamates (subject to hydrolysis) is 1. The van der Waals surface area contributed by atoms with Crippen molar-refractivity contribution in [3.05, 3.63) is 36.0 Å². The maximum atomic E-state index is 12.6. The first-order valence-electron chi connectivity index (χ1n) is 14.2. The van der Waals surface area contributed by atoms with Gasteiger partial charge < -0.3 is 19.7 Å². The number of alkyl halides is 2. The minimum atomic E-state index is -3.23. The molecule has 0 fully saturated rings. The van der Waals surface area contributed by atoms with Crippen LogP contribution in [0.3, 0.4) is 0 Å². The molecule has 230 valence electrons. The van der Waals surface area contributed by atoms with Crippen LogP contribution in [0.5, 0.6) is 5.75 Å². The first-order chi connectivity index (χ1) is 18.4. The van der Waals surface area contributed by atoms with E-state index in [0.29, 0.717) is 11.8 Å².